The molecule has 6 nitrogen and oxygen atoms in total. The van der Waals surface area contributed by atoms with Crippen molar-refractivity contribution in [2.45, 2.75) is 58.5 Å². The number of carbonyl (C=O) groups is 2. The Hall–Kier alpha value is -2.08. The highest BCUT2D eigenvalue weighted by Crippen LogP contribution is 2.24. The molecule has 1 unspecified atom stereocenters. The number of piperazine rings is 1. The molecule has 0 radical (unpaired) electrons. The molecule has 1 aliphatic carbocycles. The molecular formula is C21H32N4O2. The fourth-order valence-electron chi connectivity index (χ4n) is 4.10. The largest absolute Gasteiger partial charge is 0.369 e. The second-order valence-electron chi connectivity index (χ2n) is 7.86. The van der Waals surface area contributed by atoms with Gasteiger partial charge in [-0.1, -0.05) is 25.0 Å². The summed E-state index contributed by atoms with van der Waals surface area (Å²) in [4.78, 5) is 29.0. The number of aryl methyl sites for hydroxylation is 1. The standard InChI is InChI=1S/C21H32N4O2/c1-15-7-6-10-19(16(15)2)25-13-11-24(12-14-25)17(3)20(26)23-21(27)22-18-8-4-5-9-18/h6-7,10,17-18H,4-5,8-9,11-14H2,1-3H3,(H2,22,23,26,27). The van der Waals surface area contributed by atoms with Crippen LogP contribution in [-0.2, 0) is 4.79 Å². The number of carbonyl (C=O) groups excluding carboxylic acids is 2. The van der Waals surface area contributed by atoms with Crippen LogP contribution in [-0.4, -0.2) is 55.1 Å². The molecule has 3 rings (SSSR count). The average Bonchev–Trinajstić information content (AvgIpc) is 3.16. The monoisotopic (exact) mass is 372 g/mol. The zero-order valence-electron chi connectivity index (χ0n) is 16.8. The van der Waals surface area contributed by atoms with E-state index in [9.17, 15) is 9.59 Å². The molecular weight excluding hydrogens is 340 g/mol. The van der Waals surface area contributed by atoms with Crippen molar-refractivity contribution < 1.29 is 9.59 Å². The van der Waals surface area contributed by atoms with E-state index >= 15 is 0 Å². The summed E-state index contributed by atoms with van der Waals surface area (Å²) in [6, 6.07) is 5.96. The zero-order valence-corrected chi connectivity index (χ0v) is 16.8. The Kier molecular flexibility index (Phi) is 6.37. The molecule has 1 aromatic rings. The lowest BCUT2D eigenvalue weighted by molar-refractivity contribution is -0.124. The first-order valence-corrected chi connectivity index (χ1v) is 10.1. The number of benzene rings is 1. The van der Waals surface area contributed by atoms with E-state index in [1.807, 2.05) is 6.92 Å². The van der Waals surface area contributed by atoms with Gasteiger partial charge in [0.15, 0.2) is 0 Å². The Bertz CT molecular complexity index is 677. The third-order valence-corrected chi connectivity index (χ3v) is 6.09. The lowest BCUT2D eigenvalue weighted by Crippen LogP contribution is -2.56. The van der Waals surface area contributed by atoms with Crippen molar-refractivity contribution in [3.63, 3.8) is 0 Å². The molecule has 2 N–H and O–H groups in total. The average molecular weight is 373 g/mol. The number of nitrogens with one attached hydrogen (secondary N) is 2. The summed E-state index contributed by atoms with van der Waals surface area (Å²) in [5.41, 5.74) is 3.90. The van der Waals surface area contributed by atoms with Crippen molar-refractivity contribution >= 4 is 17.6 Å². The number of nitrogens with zero attached hydrogens (tertiary/aromatic N) is 2. The predicted octanol–water partition coefficient (Wildman–Crippen LogP) is 2.58. The fraction of sp³-hybridized carbons (Fsp3) is 0.619. The molecule has 2 aliphatic rings. The van der Waals surface area contributed by atoms with Crippen molar-refractivity contribution in [1.29, 1.82) is 0 Å². The molecule has 0 aromatic heterocycles. The fourth-order valence-corrected chi connectivity index (χ4v) is 4.10. The van der Waals surface area contributed by atoms with Crippen molar-refractivity contribution in [1.82, 2.24) is 15.5 Å². The van der Waals surface area contributed by atoms with Crippen LogP contribution in [0.25, 0.3) is 0 Å². The number of urea groups is 1. The molecule has 1 atom stereocenters. The van der Waals surface area contributed by atoms with Gasteiger partial charge in [0.05, 0.1) is 6.04 Å². The summed E-state index contributed by atoms with van der Waals surface area (Å²) in [7, 11) is 0. The van der Waals surface area contributed by atoms with E-state index in [1.54, 1.807) is 0 Å². The number of rotatable bonds is 4. The maximum atomic E-state index is 12.4. The lowest BCUT2D eigenvalue weighted by Gasteiger charge is -2.39. The second-order valence-corrected chi connectivity index (χ2v) is 7.86. The number of imide groups is 1. The van der Waals surface area contributed by atoms with Gasteiger partial charge in [-0.25, -0.2) is 4.79 Å². The molecule has 0 bridgehead atoms. The first-order valence-electron chi connectivity index (χ1n) is 10.1. The lowest BCUT2D eigenvalue weighted by atomic mass is 10.1. The first kappa shape index (κ1) is 19.7. The molecule has 1 heterocycles. The van der Waals surface area contributed by atoms with E-state index in [0.29, 0.717) is 0 Å². The van der Waals surface area contributed by atoms with Crippen molar-refractivity contribution in [3.05, 3.63) is 29.3 Å². The van der Waals surface area contributed by atoms with Crippen LogP contribution in [0.4, 0.5) is 10.5 Å². The van der Waals surface area contributed by atoms with Crippen LogP contribution in [0, 0.1) is 13.8 Å². The van der Waals surface area contributed by atoms with E-state index < -0.39 is 0 Å². The SMILES string of the molecule is Cc1cccc(N2CCN(C(C)C(=O)NC(=O)NC3CCCC3)CC2)c1C. The van der Waals surface area contributed by atoms with Crippen LogP contribution in [0.15, 0.2) is 18.2 Å². The van der Waals surface area contributed by atoms with Gasteiger partial charge in [-0.3, -0.25) is 15.0 Å². The summed E-state index contributed by atoms with van der Waals surface area (Å²) in [5.74, 6) is -0.217. The van der Waals surface area contributed by atoms with E-state index in [4.69, 9.17) is 0 Å². The van der Waals surface area contributed by atoms with Gasteiger partial charge < -0.3 is 10.2 Å². The summed E-state index contributed by atoms with van der Waals surface area (Å²) >= 11 is 0. The van der Waals surface area contributed by atoms with Crippen LogP contribution < -0.4 is 15.5 Å². The number of amides is 3. The minimum absolute atomic E-state index is 0.217. The molecule has 1 saturated carbocycles. The van der Waals surface area contributed by atoms with Gasteiger partial charge in [0.1, 0.15) is 0 Å². The summed E-state index contributed by atoms with van der Waals surface area (Å²) in [6.07, 6.45) is 4.33. The third-order valence-electron chi connectivity index (χ3n) is 6.09. The number of hydrogen-bond acceptors (Lipinski definition) is 4. The molecule has 6 heteroatoms. The van der Waals surface area contributed by atoms with Gasteiger partial charge in [-0.15, -0.1) is 0 Å². The Morgan fingerprint density at radius 3 is 2.41 bits per heavy atom. The Morgan fingerprint density at radius 1 is 1.07 bits per heavy atom. The molecule has 1 aliphatic heterocycles. The van der Waals surface area contributed by atoms with Gasteiger partial charge in [0.25, 0.3) is 0 Å². The smallest absolute Gasteiger partial charge is 0.321 e. The van der Waals surface area contributed by atoms with Crippen LogP contribution in [0.5, 0.6) is 0 Å². The highest BCUT2D eigenvalue weighted by molar-refractivity contribution is 5.96. The summed E-state index contributed by atoms with van der Waals surface area (Å²) < 4.78 is 0. The molecule has 3 amide bonds. The maximum absolute atomic E-state index is 12.4. The molecule has 0 spiro atoms. The van der Waals surface area contributed by atoms with Crippen LogP contribution in [0.3, 0.4) is 0 Å². The highest BCUT2D eigenvalue weighted by Gasteiger charge is 2.27. The van der Waals surface area contributed by atoms with Crippen molar-refractivity contribution in [2.75, 3.05) is 31.1 Å². The Labute approximate surface area is 162 Å². The molecule has 1 aromatic carbocycles. The number of hydrogen-bond donors (Lipinski definition) is 2. The summed E-state index contributed by atoms with van der Waals surface area (Å²) in [5, 5.41) is 5.43. The maximum Gasteiger partial charge on any atom is 0.321 e. The zero-order chi connectivity index (χ0) is 19.4. The summed E-state index contributed by atoms with van der Waals surface area (Å²) in [6.45, 7) is 9.57. The number of anilines is 1. The van der Waals surface area contributed by atoms with Crippen molar-refractivity contribution in [3.8, 4) is 0 Å². The second kappa shape index (κ2) is 8.74. The normalized spacial score (nSPS) is 19.7. The quantitative estimate of drug-likeness (QED) is 0.853. The van der Waals surface area contributed by atoms with Crippen LogP contribution in [0.2, 0.25) is 0 Å². The molecule has 1 saturated heterocycles. The molecule has 2 fully saturated rings. The van der Waals surface area contributed by atoms with E-state index in [1.165, 1.54) is 16.8 Å². The highest BCUT2D eigenvalue weighted by atomic mass is 16.2. The first-order chi connectivity index (χ1) is 13.0. The van der Waals surface area contributed by atoms with Gasteiger partial charge >= 0.3 is 6.03 Å². The van der Waals surface area contributed by atoms with E-state index in [0.717, 1.165) is 51.9 Å². The van der Waals surface area contributed by atoms with E-state index in [2.05, 4.69) is 52.5 Å². The predicted molar refractivity (Wildman–Crippen MR) is 108 cm³/mol. The van der Waals surface area contributed by atoms with Crippen LogP contribution >= 0.6 is 0 Å². The Balaban J connectivity index is 1.48. The van der Waals surface area contributed by atoms with Gasteiger partial charge in [-0.2, -0.15) is 0 Å². The minimum atomic E-state index is -0.354. The third kappa shape index (κ3) is 4.80. The van der Waals surface area contributed by atoms with Crippen LogP contribution in [0.1, 0.15) is 43.7 Å². The van der Waals surface area contributed by atoms with Gasteiger partial charge in [0.2, 0.25) is 5.91 Å². The molecule has 148 valence electrons. The Morgan fingerprint density at radius 2 is 1.74 bits per heavy atom. The minimum Gasteiger partial charge on any atom is -0.369 e. The van der Waals surface area contributed by atoms with Gasteiger partial charge in [-0.05, 0) is 50.8 Å². The molecule has 27 heavy (non-hydrogen) atoms. The van der Waals surface area contributed by atoms with Gasteiger partial charge in [0, 0.05) is 37.9 Å². The van der Waals surface area contributed by atoms with E-state index in [-0.39, 0.29) is 24.0 Å². The van der Waals surface area contributed by atoms with Crippen molar-refractivity contribution in [2.24, 2.45) is 0 Å². The topological polar surface area (TPSA) is 64.7 Å².